The lowest BCUT2D eigenvalue weighted by molar-refractivity contribution is -0.118. The summed E-state index contributed by atoms with van der Waals surface area (Å²) in [5, 5.41) is 15.2. The van der Waals surface area contributed by atoms with Crippen molar-refractivity contribution in [1.29, 1.82) is 0 Å². The van der Waals surface area contributed by atoms with E-state index in [9.17, 15) is 4.79 Å². The van der Waals surface area contributed by atoms with Crippen LogP contribution < -0.4 is 5.43 Å². The molecule has 3 aromatic carbocycles. The van der Waals surface area contributed by atoms with Crippen molar-refractivity contribution in [2.24, 2.45) is 5.10 Å². The van der Waals surface area contributed by atoms with Crippen molar-refractivity contribution in [3.05, 3.63) is 89.0 Å². The molecule has 0 aliphatic carbocycles. The molecule has 1 amide bonds. The Bertz CT molecular complexity index is 1290. The van der Waals surface area contributed by atoms with Crippen LogP contribution in [0.2, 0.25) is 0 Å². The van der Waals surface area contributed by atoms with Crippen molar-refractivity contribution in [2.45, 2.75) is 14.4 Å². The van der Waals surface area contributed by atoms with Crippen LogP contribution in [0.15, 0.2) is 91.6 Å². The molecule has 4 rings (SSSR count). The molecule has 0 saturated heterocycles. The van der Waals surface area contributed by atoms with Crippen LogP contribution in [0, 0.1) is 0 Å². The molecule has 0 spiro atoms. The van der Waals surface area contributed by atoms with Crippen LogP contribution in [0.5, 0.6) is 0 Å². The van der Waals surface area contributed by atoms with Crippen LogP contribution in [0.4, 0.5) is 0 Å². The number of amides is 1. The van der Waals surface area contributed by atoms with E-state index < -0.39 is 0 Å². The first kappa shape index (κ1) is 23.5. The first-order valence-electron chi connectivity index (χ1n) is 9.97. The third-order valence-corrected chi connectivity index (χ3v) is 7.87. The summed E-state index contributed by atoms with van der Waals surface area (Å²) in [6.07, 6.45) is 3.18. The van der Waals surface area contributed by atoms with Gasteiger partial charge in [0.25, 0.3) is 5.91 Å². The number of nitrogens with zero attached hydrogens (tertiary/aromatic N) is 3. The number of hydrogen-bond donors (Lipinski definition) is 1. The Hall–Kier alpha value is -2.65. The molecule has 9 heteroatoms. The standard InChI is InChI=1S/C24H19ClN4OS3/c25-20(13-17-7-2-1-3-8-17)14-26-27-22(30)16-32-24-29-28-23(33-24)31-15-19-11-6-10-18-9-4-5-12-21(18)19/h1-14H,15-16H2,(H,27,30)/b20-13-,26-14+. The SMILES string of the molecule is O=C(CSc1nnc(SCc2cccc3ccccc23)s1)N/N=C/C(Cl)=C/c1ccccc1. The maximum absolute atomic E-state index is 12.0. The van der Waals surface area contributed by atoms with E-state index in [1.165, 1.54) is 45.6 Å². The molecule has 0 aliphatic rings. The maximum atomic E-state index is 12.0. The van der Waals surface area contributed by atoms with Gasteiger partial charge >= 0.3 is 0 Å². The summed E-state index contributed by atoms with van der Waals surface area (Å²) in [5.41, 5.74) is 4.70. The Morgan fingerprint density at radius 2 is 1.70 bits per heavy atom. The van der Waals surface area contributed by atoms with Crippen LogP contribution in [-0.2, 0) is 10.5 Å². The molecule has 0 atom stereocenters. The third kappa shape index (κ3) is 7.17. The minimum absolute atomic E-state index is 0.194. The Morgan fingerprint density at radius 3 is 2.55 bits per heavy atom. The average molecular weight is 511 g/mol. The highest BCUT2D eigenvalue weighted by Crippen LogP contribution is 2.32. The lowest BCUT2D eigenvalue weighted by Gasteiger charge is -2.04. The lowest BCUT2D eigenvalue weighted by Crippen LogP contribution is -2.19. The number of rotatable bonds is 9. The van der Waals surface area contributed by atoms with Gasteiger partial charge < -0.3 is 0 Å². The first-order chi connectivity index (χ1) is 16.2. The summed E-state index contributed by atoms with van der Waals surface area (Å²) in [5.74, 6) is 0.771. The number of aromatic nitrogens is 2. The molecule has 0 unspecified atom stereocenters. The van der Waals surface area contributed by atoms with Gasteiger partial charge in [-0.3, -0.25) is 4.79 Å². The Kier molecular flexibility index (Phi) is 8.54. The zero-order valence-electron chi connectivity index (χ0n) is 17.3. The van der Waals surface area contributed by atoms with Crippen LogP contribution in [0.1, 0.15) is 11.1 Å². The average Bonchev–Trinajstić information content (AvgIpc) is 3.30. The molecule has 5 nitrogen and oxygen atoms in total. The Labute approximate surface area is 209 Å². The van der Waals surface area contributed by atoms with Gasteiger partial charge in [-0.25, -0.2) is 5.43 Å². The Balaban J connectivity index is 1.23. The van der Waals surface area contributed by atoms with E-state index in [2.05, 4.69) is 57.1 Å². The third-order valence-electron chi connectivity index (χ3n) is 4.43. The van der Waals surface area contributed by atoms with Gasteiger partial charge in [-0.15, -0.1) is 10.2 Å². The van der Waals surface area contributed by atoms with Crippen molar-refractivity contribution in [3.8, 4) is 0 Å². The highest BCUT2D eigenvalue weighted by Gasteiger charge is 2.09. The van der Waals surface area contributed by atoms with Gasteiger partial charge in [0.05, 0.1) is 17.0 Å². The molecular weight excluding hydrogens is 492 g/mol. The normalized spacial score (nSPS) is 11.8. The van der Waals surface area contributed by atoms with Crippen LogP contribution in [-0.4, -0.2) is 28.1 Å². The Morgan fingerprint density at radius 1 is 0.970 bits per heavy atom. The summed E-state index contributed by atoms with van der Waals surface area (Å²) in [6, 6.07) is 24.3. The van der Waals surface area contributed by atoms with Crippen LogP contribution >= 0.6 is 46.5 Å². The van der Waals surface area contributed by atoms with Crippen molar-refractivity contribution >= 4 is 75.4 Å². The summed E-state index contributed by atoms with van der Waals surface area (Å²) < 4.78 is 1.62. The van der Waals surface area contributed by atoms with E-state index in [1.54, 1.807) is 17.8 Å². The number of nitrogens with one attached hydrogen (secondary N) is 1. The number of carbonyl (C=O) groups excluding carboxylic acids is 1. The van der Waals surface area contributed by atoms with E-state index in [0.717, 1.165) is 20.0 Å². The number of carbonyl (C=O) groups is 1. The molecule has 1 aromatic heterocycles. The minimum atomic E-state index is -0.236. The second-order valence-electron chi connectivity index (χ2n) is 6.78. The molecule has 0 aliphatic heterocycles. The number of thioether (sulfide) groups is 2. The monoisotopic (exact) mass is 510 g/mol. The van der Waals surface area contributed by atoms with Gasteiger partial charge in [-0.1, -0.05) is 119 Å². The fraction of sp³-hybridized carbons (Fsp3) is 0.0833. The van der Waals surface area contributed by atoms with Gasteiger partial charge in [-0.05, 0) is 28.0 Å². The number of fused-ring (bicyclic) bond motifs is 1. The quantitative estimate of drug-likeness (QED) is 0.159. The van der Waals surface area contributed by atoms with E-state index in [0.29, 0.717) is 5.03 Å². The molecule has 33 heavy (non-hydrogen) atoms. The van der Waals surface area contributed by atoms with E-state index in [4.69, 9.17) is 11.6 Å². The van der Waals surface area contributed by atoms with Crippen molar-refractivity contribution in [2.75, 3.05) is 5.75 Å². The van der Waals surface area contributed by atoms with E-state index in [1.807, 2.05) is 36.4 Å². The number of halogens is 1. The highest BCUT2D eigenvalue weighted by atomic mass is 35.5. The van der Waals surface area contributed by atoms with Crippen molar-refractivity contribution in [3.63, 3.8) is 0 Å². The van der Waals surface area contributed by atoms with Gasteiger partial charge in [0.2, 0.25) is 0 Å². The number of benzene rings is 3. The molecule has 0 bridgehead atoms. The molecular formula is C24H19ClN4OS3. The van der Waals surface area contributed by atoms with Gasteiger partial charge in [0, 0.05) is 5.75 Å². The number of hydrazone groups is 1. The molecule has 0 fully saturated rings. The second kappa shape index (κ2) is 12.0. The largest absolute Gasteiger partial charge is 0.272 e. The van der Waals surface area contributed by atoms with Gasteiger partial charge in [0.15, 0.2) is 8.68 Å². The van der Waals surface area contributed by atoms with Gasteiger partial charge in [-0.2, -0.15) is 5.10 Å². The number of allylic oxidation sites excluding steroid dienone is 1. The smallest absolute Gasteiger partial charge is 0.250 e. The minimum Gasteiger partial charge on any atom is -0.272 e. The summed E-state index contributed by atoms with van der Waals surface area (Å²) >= 11 is 10.6. The molecule has 0 radical (unpaired) electrons. The van der Waals surface area contributed by atoms with E-state index >= 15 is 0 Å². The summed E-state index contributed by atoms with van der Waals surface area (Å²) in [4.78, 5) is 12.0. The van der Waals surface area contributed by atoms with Crippen molar-refractivity contribution < 1.29 is 4.79 Å². The predicted molar refractivity (Wildman–Crippen MR) is 141 cm³/mol. The molecule has 1 heterocycles. The fourth-order valence-electron chi connectivity index (χ4n) is 2.94. The summed E-state index contributed by atoms with van der Waals surface area (Å²) in [6.45, 7) is 0. The zero-order chi connectivity index (χ0) is 22.9. The molecule has 166 valence electrons. The topological polar surface area (TPSA) is 67.2 Å². The second-order valence-corrected chi connectivity index (χ2v) is 10.6. The highest BCUT2D eigenvalue weighted by molar-refractivity contribution is 8.03. The predicted octanol–water partition coefficient (Wildman–Crippen LogP) is 6.46. The first-order valence-corrected chi connectivity index (χ1v) is 13.1. The molecule has 0 saturated carbocycles. The zero-order valence-corrected chi connectivity index (χ0v) is 20.6. The number of hydrogen-bond acceptors (Lipinski definition) is 7. The van der Waals surface area contributed by atoms with E-state index in [-0.39, 0.29) is 11.7 Å². The van der Waals surface area contributed by atoms with Crippen LogP contribution in [0.25, 0.3) is 16.8 Å². The van der Waals surface area contributed by atoms with Gasteiger partial charge in [0.1, 0.15) is 0 Å². The van der Waals surface area contributed by atoms with Crippen LogP contribution in [0.3, 0.4) is 0 Å². The van der Waals surface area contributed by atoms with Crippen molar-refractivity contribution in [1.82, 2.24) is 15.6 Å². The lowest BCUT2D eigenvalue weighted by atomic mass is 10.1. The summed E-state index contributed by atoms with van der Waals surface area (Å²) in [7, 11) is 0. The molecule has 1 N–H and O–H groups in total. The maximum Gasteiger partial charge on any atom is 0.250 e. The fourth-order valence-corrected chi connectivity index (χ4v) is 5.93. The molecule has 4 aromatic rings.